The van der Waals surface area contributed by atoms with Crippen LogP contribution < -0.4 is 9.64 Å². The second-order valence-electron chi connectivity index (χ2n) is 3.85. The lowest BCUT2D eigenvalue weighted by Gasteiger charge is -2.30. The van der Waals surface area contributed by atoms with Crippen LogP contribution in [-0.4, -0.2) is 33.9 Å². The summed E-state index contributed by atoms with van der Waals surface area (Å²) in [5.74, 6) is -1.04. The van der Waals surface area contributed by atoms with Crippen LogP contribution in [0.4, 0.5) is 14.5 Å². The van der Waals surface area contributed by atoms with E-state index >= 15 is 0 Å². The number of amides is 1. The molecule has 0 N–H and O–H groups in total. The Balaban J connectivity index is 2.65. The SMILES string of the molecule is O=C1COc2c(S(=O)(=O)Cl)ccc(Cl)c2N1CC(F)F. The molecule has 0 saturated heterocycles. The third-order valence-corrected chi connectivity index (χ3v) is 4.19. The number of halogens is 4. The maximum Gasteiger partial charge on any atom is 0.265 e. The number of benzene rings is 1. The van der Waals surface area contributed by atoms with Gasteiger partial charge in [0.2, 0.25) is 0 Å². The van der Waals surface area contributed by atoms with Crippen LogP contribution in [0.15, 0.2) is 17.0 Å². The Hall–Kier alpha value is -1.12. The molecule has 0 unspecified atom stereocenters. The van der Waals surface area contributed by atoms with Gasteiger partial charge < -0.3 is 4.74 Å². The second kappa shape index (κ2) is 5.34. The van der Waals surface area contributed by atoms with Gasteiger partial charge in [0, 0.05) is 10.7 Å². The van der Waals surface area contributed by atoms with Gasteiger partial charge in [-0.3, -0.25) is 9.69 Å². The molecule has 1 heterocycles. The molecule has 1 aliphatic rings. The Morgan fingerprint density at radius 3 is 2.60 bits per heavy atom. The van der Waals surface area contributed by atoms with Gasteiger partial charge in [-0.25, -0.2) is 17.2 Å². The van der Waals surface area contributed by atoms with E-state index in [1.165, 1.54) is 0 Å². The van der Waals surface area contributed by atoms with Crippen LogP contribution in [0, 0.1) is 0 Å². The number of carbonyl (C=O) groups is 1. The van der Waals surface area contributed by atoms with Crippen LogP contribution in [0.2, 0.25) is 5.02 Å². The number of carbonyl (C=O) groups excluding carboxylic acids is 1. The third-order valence-electron chi connectivity index (χ3n) is 2.54. The number of alkyl halides is 2. The van der Waals surface area contributed by atoms with Gasteiger partial charge >= 0.3 is 0 Å². The van der Waals surface area contributed by atoms with Crippen molar-refractivity contribution in [2.45, 2.75) is 11.3 Å². The fourth-order valence-corrected chi connectivity index (χ4v) is 3.00. The Morgan fingerprint density at radius 2 is 2.05 bits per heavy atom. The molecule has 0 bridgehead atoms. The van der Waals surface area contributed by atoms with Gasteiger partial charge in [-0.15, -0.1) is 0 Å². The number of fused-ring (bicyclic) bond motifs is 1. The highest BCUT2D eigenvalue weighted by Gasteiger charge is 2.34. The van der Waals surface area contributed by atoms with E-state index < -0.39 is 39.4 Å². The van der Waals surface area contributed by atoms with Crippen LogP contribution in [-0.2, 0) is 13.8 Å². The molecule has 0 saturated carbocycles. The van der Waals surface area contributed by atoms with Crippen molar-refractivity contribution in [3.63, 3.8) is 0 Å². The summed E-state index contributed by atoms with van der Waals surface area (Å²) in [6.07, 6.45) is -2.81. The normalized spacial score (nSPS) is 15.2. The van der Waals surface area contributed by atoms with E-state index in [-0.39, 0.29) is 16.5 Å². The lowest BCUT2D eigenvalue weighted by Crippen LogP contribution is -2.42. The van der Waals surface area contributed by atoms with Crippen LogP contribution in [0.25, 0.3) is 0 Å². The zero-order chi connectivity index (χ0) is 15.1. The average Bonchev–Trinajstić information content (AvgIpc) is 2.31. The fraction of sp³-hybridized carbons (Fsp3) is 0.300. The molecule has 1 aromatic carbocycles. The lowest BCUT2D eigenvalue weighted by atomic mass is 10.2. The quantitative estimate of drug-likeness (QED) is 0.788. The van der Waals surface area contributed by atoms with E-state index in [2.05, 4.69) is 0 Å². The summed E-state index contributed by atoms with van der Waals surface area (Å²) in [6.45, 7) is -1.49. The fourth-order valence-electron chi connectivity index (χ4n) is 1.78. The molecule has 1 amide bonds. The summed E-state index contributed by atoms with van der Waals surface area (Å²) in [5, 5.41) is -0.0854. The van der Waals surface area contributed by atoms with Gasteiger partial charge in [0.15, 0.2) is 12.4 Å². The summed E-state index contributed by atoms with van der Waals surface area (Å²) in [5.41, 5.74) is -0.218. The van der Waals surface area contributed by atoms with Crippen molar-refractivity contribution in [3.05, 3.63) is 17.2 Å². The Kier molecular flexibility index (Phi) is 4.08. The summed E-state index contributed by atoms with van der Waals surface area (Å²) < 4.78 is 52.9. The average molecular weight is 346 g/mol. The topological polar surface area (TPSA) is 63.7 Å². The van der Waals surface area contributed by atoms with Gasteiger partial charge in [-0.1, -0.05) is 11.6 Å². The summed E-state index contributed by atoms with van der Waals surface area (Å²) in [6, 6.07) is 2.23. The maximum absolute atomic E-state index is 12.5. The van der Waals surface area contributed by atoms with Crippen molar-refractivity contribution in [1.29, 1.82) is 0 Å². The highest BCUT2D eigenvalue weighted by atomic mass is 35.7. The summed E-state index contributed by atoms with van der Waals surface area (Å²) in [7, 11) is 1.07. The minimum Gasteiger partial charge on any atom is -0.480 e. The molecule has 0 aromatic heterocycles. The molecule has 0 radical (unpaired) electrons. The predicted octanol–water partition coefficient (Wildman–Crippen LogP) is 2.26. The highest BCUT2D eigenvalue weighted by molar-refractivity contribution is 8.13. The van der Waals surface area contributed by atoms with Gasteiger partial charge in [0.25, 0.3) is 21.4 Å². The van der Waals surface area contributed by atoms with Crippen LogP contribution in [0.1, 0.15) is 0 Å². The Labute approximate surface area is 122 Å². The Bertz CT molecular complexity index is 665. The van der Waals surface area contributed by atoms with Crippen molar-refractivity contribution >= 4 is 42.9 Å². The first-order valence-electron chi connectivity index (χ1n) is 5.20. The Morgan fingerprint density at radius 1 is 1.40 bits per heavy atom. The number of ether oxygens (including phenoxy) is 1. The highest BCUT2D eigenvalue weighted by Crippen LogP contribution is 2.44. The van der Waals surface area contributed by atoms with Crippen molar-refractivity contribution in [3.8, 4) is 5.75 Å². The number of hydrogen-bond donors (Lipinski definition) is 0. The summed E-state index contributed by atoms with van der Waals surface area (Å²) >= 11 is 5.85. The monoisotopic (exact) mass is 345 g/mol. The minimum absolute atomic E-state index is 0.0854. The standard InChI is InChI=1S/C10H7Cl2F2NO4S/c11-5-1-2-6(20(12,17)18)10-9(5)15(3-7(13)14)8(16)4-19-10/h1-2,7H,3-4H2. The maximum atomic E-state index is 12.5. The third kappa shape index (κ3) is 2.82. The van der Waals surface area contributed by atoms with Gasteiger partial charge in [0.05, 0.1) is 11.6 Å². The van der Waals surface area contributed by atoms with Crippen molar-refractivity contribution in [2.24, 2.45) is 0 Å². The number of hydrogen-bond acceptors (Lipinski definition) is 4. The van der Waals surface area contributed by atoms with Crippen LogP contribution >= 0.6 is 22.3 Å². The zero-order valence-corrected chi connectivity index (χ0v) is 12.0. The molecule has 2 rings (SSSR count). The summed E-state index contributed by atoms with van der Waals surface area (Å²) in [4.78, 5) is 11.9. The van der Waals surface area contributed by atoms with E-state index in [1.54, 1.807) is 0 Å². The predicted molar refractivity (Wildman–Crippen MR) is 68.3 cm³/mol. The molecule has 1 aliphatic heterocycles. The van der Waals surface area contributed by atoms with Gasteiger partial charge in [0.1, 0.15) is 10.6 Å². The largest absolute Gasteiger partial charge is 0.480 e. The molecule has 0 spiro atoms. The number of nitrogens with zero attached hydrogens (tertiary/aromatic N) is 1. The van der Waals surface area contributed by atoms with Crippen molar-refractivity contribution in [2.75, 3.05) is 18.1 Å². The molecule has 20 heavy (non-hydrogen) atoms. The molecule has 110 valence electrons. The van der Waals surface area contributed by atoms with Crippen LogP contribution in [0.5, 0.6) is 5.75 Å². The van der Waals surface area contributed by atoms with Crippen molar-refractivity contribution in [1.82, 2.24) is 0 Å². The molecule has 0 fully saturated rings. The van der Waals surface area contributed by atoms with Gasteiger partial charge in [-0.2, -0.15) is 0 Å². The lowest BCUT2D eigenvalue weighted by molar-refractivity contribution is -0.121. The first-order valence-corrected chi connectivity index (χ1v) is 7.89. The van der Waals surface area contributed by atoms with Crippen LogP contribution in [0.3, 0.4) is 0 Å². The van der Waals surface area contributed by atoms with E-state index in [1.807, 2.05) is 0 Å². The van der Waals surface area contributed by atoms with Gasteiger partial charge in [-0.05, 0) is 12.1 Å². The number of rotatable bonds is 3. The first-order chi connectivity index (χ1) is 9.21. The number of anilines is 1. The van der Waals surface area contributed by atoms with E-state index in [0.29, 0.717) is 4.90 Å². The molecule has 0 atom stereocenters. The molecule has 0 aliphatic carbocycles. The minimum atomic E-state index is -4.17. The van der Waals surface area contributed by atoms with E-state index in [9.17, 15) is 22.0 Å². The second-order valence-corrected chi connectivity index (χ2v) is 6.79. The van der Waals surface area contributed by atoms with E-state index in [4.69, 9.17) is 27.0 Å². The molecule has 10 heteroatoms. The first kappa shape index (κ1) is 15.3. The zero-order valence-electron chi connectivity index (χ0n) is 9.65. The molecule has 5 nitrogen and oxygen atoms in total. The molecular weight excluding hydrogens is 339 g/mol. The van der Waals surface area contributed by atoms with E-state index in [0.717, 1.165) is 12.1 Å². The smallest absolute Gasteiger partial charge is 0.265 e. The molecule has 1 aromatic rings. The van der Waals surface area contributed by atoms with Crippen molar-refractivity contribution < 1.29 is 26.7 Å². The molecular formula is C10H7Cl2F2NO4S.